The van der Waals surface area contributed by atoms with Crippen molar-refractivity contribution in [1.29, 1.82) is 0 Å². The van der Waals surface area contributed by atoms with Crippen LogP contribution >= 0.6 is 15.9 Å². The lowest BCUT2D eigenvalue weighted by Crippen LogP contribution is -2.34. The molecule has 4 nitrogen and oxygen atoms in total. The Morgan fingerprint density at radius 3 is 2.52 bits per heavy atom. The Morgan fingerprint density at radius 1 is 1.16 bits per heavy atom. The molecule has 0 saturated carbocycles. The van der Waals surface area contributed by atoms with E-state index >= 15 is 0 Å². The lowest BCUT2D eigenvalue weighted by atomic mass is 9.84. The smallest absolute Gasteiger partial charge is 0.336 e. The molecule has 5 heteroatoms. The summed E-state index contributed by atoms with van der Waals surface area (Å²) in [5.74, 6) is -0.788. The summed E-state index contributed by atoms with van der Waals surface area (Å²) in [6.45, 7) is 1.94. The molecule has 0 aliphatic carbocycles. The van der Waals surface area contributed by atoms with Gasteiger partial charge in [0.05, 0.1) is 5.57 Å². The summed E-state index contributed by atoms with van der Waals surface area (Å²) in [7, 11) is 0. The third kappa shape index (κ3) is 4.17. The molecule has 0 radical (unpaired) electrons. The lowest BCUT2D eigenvalue weighted by molar-refractivity contribution is -0.141. The van der Waals surface area contributed by atoms with Crippen LogP contribution in [-0.4, -0.2) is 11.9 Å². The van der Waals surface area contributed by atoms with Crippen LogP contribution in [0.4, 0.5) is 0 Å². The van der Waals surface area contributed by atoms with Gasteiger partial charge >= 0.3 is 5.97 Å². The van der Waals surface area contributed by atoms with Gasteiger partial charge in [0.25, 0.3) is 0 Å². The second-order valence-electron chi connectivity index (χ2n) is 5.96. The number of hydrogen-bond acceptors (Lipinski definition) is 3. The standard InChI is InChI=1S/C20H18BrNO3/c1-13-19(20(24)25-12-14-5-3-2-4-6-14)17(11-18(23)22-13)15-7-9-16(21)10-8-15/h2-10,17H,11-12H2,1H3,(H,22,23). The molecule has 1 aliphatic heterocycles. The zero-order chi connectivity index (χ0) is 17.8. The molecule has 3 rings (SSSR count). The largest absolute Gasteiger partial charge is 0.457 e. The number of rotatable bonds is 4. The van der Waals surface area contributed by atoms with E-state index in [0.717, 1.165) is 15.6 Å². The predicted octanol–water partition coefficient (Wildman–Crippen LogP) is 4.07. The number of carbonyl (C=O) groups is 2. The number of allylic oxidation sites excluding steroid dienone is 1. The van der Waals surface area contributed by atoms with Crippen LogP contribution in [0.1, 0.15) is 30.4 Å². The summed E-state index contributed by atoms with van der Waals surface area (Å²) in [6, 6.07) is 17.2. The lowest BCUT2D eigenvalue weighted by Gasteiger charge is -2.26. The van der Waals surface area contributed by atoms with Gasteiger partial charge in [0.2, 0.25) is 5.91 Å². The maximum atomic E-state index is 12.7. The molecule has 25 heavy (non-hydrogen) atoms. The summed E-state index contributed by atoms with van der Waals surface area (Å²) in [5.41, 5.74) is 2.92. The molecule has 1 N–H and O–H groups in total. The van der Waals surface area contributed by atoms with Gasteiger partial charge in [0.1, 0.15) is 6.61 Å². The number of hydrogen-bond donors (Lipinski definition) is 1. The Morgan fingerprint density at radius 2 is 1.84 bits per heavy atom. The van der Waals surface area contributed by atoms with Gasteiger partial charge in [-0.1, -0.05) is 58.4 Å². The molecule has 1 unspecified atom stereocenters. The van der Waals surface area contributed by atoms with E-state index in [2.05, 4.69) is 21.2 Å². The minimum atomic E-state index is -0.394. The first-order valence-electron chi connectivity index (χ1n) is 8.01. The van der Waals surface area contributed by atoms with Crippen LogP contribution in [0.3, 0.4) is 0 Å². The van der Waals surface area contributed by atoms with Crippen molar-refractivity contribution >= 4 is 27.8 Å². The van der Waals surface area contributed by atoms with E-state index in [4.69, 9.17) is 4.74 Å². The van der Waals surface area contributed by atoms with E-state index in [1.807, 2.05) is 54.6 Å². The van der Waals surface area contributed by atoms with Crippen molar-refractivity contribution in [3.05, 3.63) is 81.5 Å². The number of carbonyl (C=O) groups excluding carboxylic acids is 2. The van der Waals surface area contributed by atoms with Gasteiger partial charge in [-0.2, -0.15) is 0 Å². The quantitative estimate of drug-likeness (QED) is 0.788. The zero-order valence-corrected chi connectivity index (χ0v) is 15.4. The van der Waals surface area contributed by atoms with Crippen molar-refractivity contribution in [1.82, 2.24) is 5.32 Å². The molecule has 0 spiro atoms. The Bertz CT molecular complexity index is 813. The molecule has 1 aliphatic rings. The summed E-state index contributed by atoms with van der Waals surface area (Å²) in [5, 5.41) is 2.75. The second-order valence-corrected chi connectivity index (χ2v) is 6.87. The van der Waals surface area contributed by atoms with Crippen molar-refractivity contribution in [2.75, 3.05) is 0 Å². The van der Waals surface area contributed by atoms with Gasteiger partial charge < -0.3 is 10.1 Å². The van der Waals surface area contributed by atoms with E-state index in [0.29, 0.717) is 11.3 Å². The van der Waals surface area contributed by atoms with Gasteiger partial charge in [-0.3, -0.25) is 4.79 Å². The van der Waals surface area contributed by atoms with Gasteiger partial charge in [0.15, 0.2) is 0 Å². The van der Waals surface area contributed by atoms with Gasteiger partial charge in [0, 0.05) is 22.5 Å². The number of benzene rings is 2. The first-order valence-corrected chi connectivity index (χ1v) is 8.81. The van der Waals surface area contributed by atoms with E-state index in [1.54, 1.807) is 6.92 Å². The monoisotopic (exact) mass is 399 g/mol. The van der Waals surface area contributed by atoms with Crippen molar-refractivity contribution in [3.8, 4) is 0 Å². The summed E-state index contributed by atoms with van der Waals surface area (Å²) < 4.78 is 6.44. The van der Waals surface area contributed by atoms with E-state index in [1.165, 1.54) is 0 Å². The summed E-state index contributed by atoms with van der Waals surface area (Å²) >= 11 is 3.41. The minimum absolute atomic E-state index is 0.0926. The van der Waals surface area contributed by atoms with Crippen molar-refractivity contribution in [3.63, 3.8) is 0 Å². The van der Waals surface area contributed by atoms with Crippen LogP contribution in [0.15, 0.2) is 70.3 Å². The van der Waals surface area contributed by atoms with Crippen molar-refractivity contribution in [2.24, 2.45) is 0 Å². The average molecular weight is 400 g/mol. The second kappa shape index (κ2) is 7.66. The van der Waals surface area contributed by atoms with Crippen LogP contribution in [0.25, 0.3) is 0 Å². The number of ether oxygens (including phenoxy) is 1. The molecular formula is C20H18BrNO3. The topological polar surface area (TPSA) is 55.4 Å². The molecule has 1 heterocycles. The first kappa shape index (κ1) is 17.4. The Hall–Kier alpha value is -2.40. The highest BCUT2D eigenvalue weighted by molar-refractivity contribution is 9.10. The molecule has 0 fully saturated rings. The summed E-state index contributed by atoms with van der Waals surface area (Å²) in [6.07, 6.45) is 0.231. The highest BCUT2D eigenvalue weighted by Gasteiger charge is 2.32. The minimum Gasteiger partial charge on any atom is -0.457 e. The Balaban J connectivity index is 1.84. The predicted molar refractivity (Wildman–Crippen MR) is 98.6 cm³/mol. The molecule has 1 atom stereocenters. The van der Waals surface area contributed by atoms with Crippen LogP contribution in [-0.2, 0) is 20.9 Å². The van der Waals surface area contributed by atoms with Gasteiger partial charge in [-0.05, 0) is 30.2 Å². The van der Waals surface area contributed by atoms with Gasteiger partial charge in [-0.25, -0.2) is 4.79 Å². The number of halogens is 1. The SMILES string of the molecule is CC1=C(C(=O)OCc2ccccc2)C(c2ccc(Br)cc2)CC(=O)N1. The highest BCUT2D eigenvalue weighted by atomic mass is 79.9. The fourth-order valence-electron chi connectivity index (χ4n) is 2.95. The fraction of sp³-hybridized carbons (Fsp3) is 0.200. The number of amides is 1. The molecule has 1 amide bonds. The first-order chi connectivity index (χ1) is 12.0. The van der Waals surface area contributed by atoms with E-state index in [-0.39, 0.29) is 24.9 Å². The fourth-order valence-corrected chi connectivity index (χ4v) is 3.22. The molecule has 0 saturated heterocycles. The molecule has 128 valence electrons. The van der Waals surface area contributed by atoms with Crippen molar-refractivity contribution < 1.29 is 14.3 Å². The zero-order valence-electron chi connectivity index (χ0n) is 13.8. The Kier molecular flexibility index (Phi) is 5.34. The van der Waals surface area contributed by atoms with E-state index in [9.17, 15) is 9.59 Å². The number of nitrogens with one attached hydrogen (secondary N) is 1. The third-order valence-corrected chi connectivity index (χ3v) is 4.70. The molecule has 0 aromatic heterocycles. The average Bonchev–Trinajstić information content (AvgIpc) is 2.60. The summed E-state index contributed by atoms with van der Waals surface area (Å²) in [4.78, 5) is 24.7. The third-order valence-electron chi connectivity index (χ3n) is 4.17. The van der Waals surface area contributed by atoms with E-state index < -0.39 is 5.97 Å². The van der Waals surface area contributed by atoms with Crippen LogP contribution in [0.2, 0.25) is 0 Å². The molecule has 2 aromatic carbocycles. The maximum absolute atomic E-state index is 12.7. The number of esters is 1. The Labute approximate surface area is 155 Å². The van der Waals surface area contributed by atoms with Crippen LogP contribution in [0, 0.1) is 0 Å². The van der Waals surface area contributed by atoms with Crippen LogP contribution < -0.4 is 5.32 Å². The van der Waals surface area contributed by atoms with Crippen molar-refractivity contribution in [2.45, 2.75) is 25.9 Å². The van der Waals surface area contributed by atoms with Gasteiger partial charge in [-0.15, -0.1) is 0 Å². The normalized spacial score (nSPS) is 17.2. The molecule has 0 bridgehead atoms. The highest BCUT2D eigenvalue weighted by Crippen LogP contribution is 2.34. The molecular weight excluding hydrogens is 382 g/mol. The maximum Gasteiger partial charge on any atom is 0.336 e. The molecule has 2 aromatic rings. The van der Waals surface area contributed by atoms with Crippen LogP contribution in [0.5, 0.6) is 0 Å².